The average molecular weight is 209 g/mol. The number of hydrogen-bond acceptors (Lipinski definition) is 3. The number of rotatable bonds is 4. The summed E-state index contributed by atoms with van der Waals surface area (Å²) in [7, 11) is 1.57. The van der Waals surface area contributed by atoms with Gasteiger partial charge in [0.05, 0.1) is 5.71 Å². The van der Waals surface area contributed by atoms with Gasteiger partial charge in [-0.25, -0.2) is 0 Å². The molecular weight excluding hydrogens is 194 g/mol. The molecule has 0 unspecified atom stereocenters. The van der Waals surface area contributed by atoms with Gasteiger partial charge in [-0.05, 0) is 30.9 Å². The minimum atomic E-state index is 0.850. The van der Waals surface area contributed by atoms with E-state index in [-0.39, 0.29) is 0 Å². The normalized spacial score (nSPS) is 11.5. The molecule has 14 heavy (non-hydrogen) atoms. The fourth-order valence-electron chi connectivity index (χ4n) is 1.23. The zero-order chi connectivity index (χ0) is 10.4. The highest BCUT2D eigenvalue weighted by Crippen LogP contribution is 2.15. The van der Waals surface area contributed by atoms with Crippen molar-refractivity contribution in [3.05, 3.63) is 29.8 Å². The Bertz CT molecular complexity index is 306. The summed E-state index contributed by atoms with van der Waals surface area (Å²) in [4.78, 5) is 5.99. The van der Waals surface area contributed by atoms with Crippen LogP contribution in [0.5, 0.6) is 0 Å². The Kier molecular flexibility index (Phi) is 4.53. The molecule has 0 fully saturated rings. The summed E-state index contributed by atoms with van der Waals surface area (Å²) in [6.45, 7) is 1.96. The standard InChI is InChI=1S/C11H15NOS/c1-9(12-13-2)8-10-4-6-11(14-3)7-5-10/h4-7H,8H2,1-3H3/b12-9+. The predicted molar refractivity (Wildman–Crippen MR) is 62.0 cm³/mol. The van der Waals surface area contributed by atoms with Crippen molar-refractivity contribution >= 4 is 17.5 Å². The molecule has 2 nitrogen and oxygen atoms in total. The number of nitrogens with zero attached hydrogens (tertiary/aromatic N) is 1. The first-order valence-electron chi connectivity index (χ1n) is 4.46. The van der Waals surface area contributed by atoms with Crippen molar-refractivity contribution in [1.29, 1.82) is 0 Å². The molecular formula is C11H15NOS. The van der Waals surface area contributed by atoms with Gasteiger partial charge in [0.25, 0.3) is 0 Å². The Labute approximate surface area is 89.3 Å². The van der Waals surface area contributed by atoms with Crippen LogP contribution in [0.1, 0.15) is 12.5 Å². The van der Waals surface area contributed by atoms with E-state index in [0.717, 1.165) is 12.1 Å². The van der Waals surface area contributed by atoms with Gasteiger partial charge >= 0.3 is 0 Å². The quantitative estimate of drug-likeness (QED) is 0.432. The third kappa shape index (κ3) is 3.42. The smallest absolute Gasteiger partial charge is 0.106 e. The van der Waals surface area contributed by atoms with Gasteiger partial charge in [-0.3, -0.25) is 0 Å². The zero-order valence-electron chi connectivity index (χ0n) is 8.78. The summed E-state index contributed by atoms with van der Waals surface area (Å²) in [5.41, 5.74) is 2.26. The highest BCUT2D eigenvalue weighted by molar-refractivity contribution is 7.98. The molecule has 0 saturated heterocycles. The molecule has 3 heteroatoms. The topological polar surface area (TPSA) is 21.6 Å². The van der Waals surface area contributed by atoms with E-state index in [2.05, 4.69) is 35.7 Å². The van der Waals surface area contributed by atoms with Crippen molar-refractivity contribution in [3.8, 4) is 0 Å². The molecule has 0 aliphatic heterocycles. The third-order valence-corrected chi connectivity index (χ3v) is 2.61. The Balaban J connectivity index is 2.64. The average Bonchev–Trinajstić information content (AvgIpc) is 2.19. The summed E-state index contributed by atoms with van der Waals surface area (Å²) in [6.07, 6.45) is 2.93. The molecule has 0 N–H and O–H groups in total. The van der Waals surface area contributed by atoms with E-state index in [9.17, 15) is 0 Å². The molecule has 1 aromatic rings. The zero-order valence-corrected chi connectivity index (χ0v) is 9.60. The fraction of sp³-hybridized carbons (Fsp3) is 0.364. The Morgan fingerprint density at radius 3 is 2.50 bits per heavy atom. The molecule has 0 aliphatic rings. The molecule has 0 spiro atoms. The van der Waals surface area contributed by atoms with Crippen molar-refractivity contribution < 1.29 is 4.84 Å². The van der Waals surface area contributed by atoms with Crippen molar-refractivity contribution in [3.63, 3.8) is 0 Å². The lowest BCUT2D eigenvalue weighted by Crippen LogP contribution is -1.97. The minimum absolute atomic E-state index is 0.850. The van der Waals surface area contributed by atoms with Crippen molar-refractivity contribution in [1.82, 2.24) is 0 Å². The van der Waals surface area contributed by atoms with E-state index in [1.54, 1.807) is 18.9 Å². The summed E-state index contributed by atoms with van der Waals surface area (Å²) < 4.78 is 0. The highest BCUT2D eigenvalue weighted by Gasteiger charge is 1.96. The molecule has 1 aromatic carbocycles. The van der Waals surface area contributed by atoms with Gasteiger partial charge in [0.15, 0.2) is 0 Å². The number of oxime groups is 1. The maximum absolute atomic E-state index is 4.70. The predicted octanol–water partition coefficient (Wildman–Crippen LogP) is 2.97. The van der Waals surface area contributed by atoms with E-state index < -0.39 is 0 Å². The lowest BCUT2D eigenvalue weighted by molar-refractivity contribution is 0.212. The van der Waals surface area contributed by atoms with Crippen LogP contribution in [0.15, 0.2) is 34.3 Å². The summed E-state index contributed by atoms with van der Waals surface area (Å²) in [5, 5.41) is 3.87. The monoisotopic (exact) mass is 209 g/mol. The lowest BCUT2D eigenvalue weighted by atomic mass is 10.1. The van der Waals surface area contributed by atoms with E-state index in [0.29, 0.717) is 0 Å². The molecule has 0 bridgehead atoms. The molecule has 0 aliphatic carbocycles. The van der Waals surface area contributed by atoms with Gasteiger partial charge in [-0.2, -0.15) is 0 Å². The second-order valence-corrected chi connectivity index (χ2v) is 3.91. The Hall–Kier alpha value is -0.960. The molecule has 0 radical (unpaired) electrons. The second kappa shape index (κ2) is 5.70. The minimum Gasteiger partial charge on any atom is -0.399 e. The van der Waals surface area contributed by atoms with Crippen LogP contribution in [0, 0.1) is 0 Å². The Morgan fingerprint density at radius 1 is 1.36 bits per heavy atom. The largest absolute Gasteiger partial charge is 0.399 e. The van der Waals surface area contributed by atoms with Crippen LogP contribution in [0.2, 0.25) is 0 Å². The van der Waals surface area contributed by atoms with Crippen molar-refractivity contribution in [2.45, 2.75) is 18.2 Å². The van der Waals surface area contributed by atoms with Gasteiger partial charge in [0.2, 0.25) is 0 Å². The highest BCUT2D eigenvalue weighted by atomic mass is 32.2. The summed E-state index contributed by atoms with van der Waals surface area (Å²) in [5.74, 6) is 0. The van der Waals surface area contributed by atoms with E-state index in [4.69, 9.17) is 4.84 Å². The van der Waals surface area contributed by atoms with Crippen LogP contribution in [0.4, 0.5) is 0 Å². The molecule has 76 valence electrons. The van der Waals surface area contributed by atoms with Crippen LogP contribution in [0.25, 0.3) is 0 Å². The molecule has 0 atom stereocenters. The van der Waals surface area contributed by atoms with Crippen molar-refractivity contribution in [2.75, 3.05) is 13.4 Å². The number of thioether (sulfide) groups is 1. The van der Waals surface area contributed by atoms with Crippen LogP contribution >= 0.6 is 11.8 Å². The van der Waals surface area contributed by atoms with Gasteiger partial charge in [0, 0.05) is 11.3 Å². The molecule has 0 heterocycles. The second-order valence-electron chi connectivity index (χ2n) is 3.03. The van der Waals surface area contributed by atoms with Gasteiger partial charge < -0.3 is 4.84 Å². The SMILES string of the molecule is CO/N=C(\C)Cc1ccc(SC)cc1. The first-order chi connectivity index (χ1) is 6.76. The van der Waals surface area contributed by atoms with Crippen LogP contribution < -0.4 is 0 Å². The molecule has 1 rings (SSSR count). The maximum Gasteiger partial charge on any atom is 0.106 e. The van der Waals surface area contributed by atoms with Crippen molar-refractivity contribution in [2.24, 2.45) is 5.16 Å². The fourth-order valence-corrected chi connectivity index (χ4v) is 1.64. The first-order valence-corrected chi connectivity index (χ1v) is 5.68. The van der Waals surface area contributed by atoms with Crippen LogP contribution in [-0.2, 0) is 11.3 Å². The number of hydrogen-bond donors (Lipinski definition) is 0. The van der Waals surface area contributed by atoms with Crippen LogP contribution in [-0.4, -0.2) is 19.1 Å². The summed E-state index contributed by atoms with van der Waals surface area (Å²) >= 11 is 1.75. The Morgan fingerprint density at radius 2 is 2.00 bits per heavy atom. The van der Waals surface area contributed by atoms with E-state index in [1.807, 2.05) is 6.92 Å². The van der Waals surface area contributed by atoms with Gasteiger partial charge in [0.1, 0.15) is 7.11 Å². The van der Waals surface area contributed by atoms with Gasteiger partial charge in [-0.15, -0.1) is 11.8 Å². The van der Waals surface area contributed by atoms with E-state index >= 15 is 0 Å². The number of benzene rings is 1. The summed E-state index contributed by atoms with van der Waals surface area (Å²) in [6, 6.07) is 8.50. The molecule has 0 amide bonds. The van der Waals surface area contributed by atoms with E-state index in [1.165, 1.54) is 10.5 Å². The molecule has 0 aromatic heterocycles. The first kappa shape index (κ1) is 11.1. The maximum atomic E-state index is 4.70. The lowest BCUT2D eigenvalue weighted by Gasteiger charge is -2.01. The third-order valence-electron chi connectivity index (χ3n) is 1.87. The molecule has 0 saturated carbocycles. The van der Waals surface area contributed by atoms with Crippen LogP contribution in [0.3, 0.4) is 0 Å². The van der Waals surface area contributed by atoms with Gasteiger partial charge in [-0.1, -0.05) is 17.3 Å².